The van der Waals surface area contributed by atoms with E-state index in [-0.39, 0.29) is 24.0 Å². The summed E-state index contributed by atoms with van der Waals surface area (Å²) in [4.78, 5) is 16.2. The van der Waals surface area contributed by atoms with Crippen molar-refractivity contribution in [2.45, 2.75) is 19.6 Å². The number of nitrogens with zero attached hydrogens (tertiary/aromatic N) is 2. The normalized spacial score (nSPS) is 12.4. The summed E-state index contributed by atoms with van der Waals surface area (Å²) in [6.45, 7) is 0.635. The van der Waals surface area contributed by atoms with Crippen LogP contribution in [-0.2, 0) is 19.6 Å². The van der Waals surface area contributed by atoms with Gasteiger partial charge in [-0.3, -0.25) is 4.57 Å². The van der Waals surface area contributed by atoms with E-state index in [2.05, 4.69) is 11.1 Å². The molecular formula is C19H15FN2O2. The molecule has 0 fully saturated rings. The third-order valence-corrected chi connectivity index (χ3v) is 4.22. The number of hydrogen-bond acceptors (Lipinski definition) is 3. The van der Waals surface area contributed by atoms with Gasteiger partial charge in [0.25, 0.3) is 0 Å². The van der Waals surface area contributed by atoms with E-state index in [0.717, 1.165) is 17.7 Å². The summed E-state index contributed by atoms with van der Waals surface area (Å²) in [7, 11) is 0. The molecule has 24 heavy (non-hydrogen) atoms. The molecule has 0 unspecified atom stereocenters. The van der Waals surface area contributed by atoms with Crippen LogP contribution in [0.15, 0.2) is 59.4 Å². The van der Waals surface area contributed by atoms with Gasteiger partial charge in [0.1, 0.15) is 12.4 Å². The van der Waals surface area contributed by atoms with Gasteiger partial charge < -0.3 is 4.74 Å². The molecule has 2 aromatic carbocycles. The second kappa shape index (κ2) is 5.92. The van der Waals surface area contributed by atoms with Crippen molar-refractivity contribution in [3.63, 3.8) is 0 Å². The van der Waals surface area contributed by atoms with Crippen molar-refractivity contribution >= 4 is 0 Å². The maximum Gasteiger partial charge on any atom is 0.351 e. The average molecular weight is 322 g/mol. The van der Waals surface area contributed by atoms with Crippen LogP contribution in [0, 0.1) is 5.82 Å². The van der Waals surface area contributed by atoms with Crippen molar-refractivity contribution < 1.29 is 9.13 Å². The molecule has 1 aromatic heterocycles. The minimum Gasteiger partial charge on any atom is -0.473 e. The monoisotopic (exact) mass is 322 g/mol. The molecule has 0 amide bonds. The molecule has 4 rings (SSSR count). The first-order valence-corrected chi connectivity index (χ1v) is 7.79. The Morgan fingerprint density at radius 2 is 1.92 bits per heavy atom. The number of fused-ring (bicyclic) bond motifs is 3. The summed E-state index contributed by atoms with van der Waals surface area (Å²) in [6, 6.07) is 16.1. The first kappa shape index (κ1) is 14.6. The van der Waals surface area contributed by atoms with Crippen LogP contribution in [0.5, 0.6) is 5.88 Å². The highest BCUT2D eigenvalue weighted by atomic mass is 19.1. The molecular weight excluding hydrogens is 307 g/mol. The van der Waals surface area contributed by atoms with Gasteiger partial charge in [-0.2, -0.15) is 4.98 Å². The largest absolute Gasteiger partial charge is 0.473 e. The van der Waals surface area contributed by atoms with Crippen molar-refractivity contribution in [2.75, 3.05) is 0 Å². The molecule has 0 spiro atoms. The second-order valence-corrected chi connectivity index (χ2v) is 5.70. The number of aryl methyl sites for hydroxylation is 1. The second-order valence-electron chi connectivity index (χ2n) is 5.70. The van der Waals surface area contributed by atoms with Crippen LogP contribution in [0.1, 0.15) is 11.1 Å². The lowest BCUT2D eigenvalue weighted by molar-refractivity contribution is 0.285. The fourth-order valence-corrected chi connectivity index (χ4v) is 2.99. The molecule has 3 aromatic rings. The van der Waals surface area contributed by atoms with Crippen molar-refractivity contribution in [1.29, 1.82) is 0 Å². The van der Waals surface area contributed by atoms with Gasteiger partial charge in [0.15, 0.2) is 0 Å². The zero-order chi connectivity index (χ0) is 16.5. The van der Waals surface area contributed by atoms with Crippen LogP contribution < -0.4 is 10.4 Å². The number of hydrogen-bond donors (Lipinski definition) is 0. The lowest BCUT2D eigenvalue weighted by Gasteiger charge is -2.21. The molecule has 1 aliphatic heterocycles. The molecule has 0 atom stereocenters. The van der Waals surface area contributed by atoms with Crippen LogP contribution in [0.25, 0.3) is 11.3 Å². The molecule has 0 aliphatic carbocycles. The summed E-state index contributed by atoms with van der Waals surface area (Å²) in [5.74, 6) is -0.122. The molecule has 0 saturated carbocycles. The molecule has 5 heteroatoms. The maximum atomic E-state index is 13.7. The zero-order valence-corrected chi connectivity index (χ0v) is 12.9. The Labute approximate surface area is 138 Å². The molecule has 4 nitrogen and oxygen atoms in total. The van der Waals surface area contributed by atoms with Gasteiger partial charge in [-0.1, -0.05) is 42.5 Å². The quantitative estimate of drug-likeness (QED) is 0.744. The number of halogens is 1. The third-order valence-electron chi connectivity index (χ3n) is 4.22. The van der Waals surface area contributed by atoms with Crippen LogP contribution in [0.3, 0.4) is 0 Å². The highest BCUT2D eigenvalue weighted by Gasteiger charge is 2.18. The predicted octanol–water partition coefficient (Wildman–Crippen LogP) is 3.18. The van der Waals surface area contributed by atoms with Crippen molar-refractivity contribution in [1.82, 2.24) is 9.55 Å². The topological polar surface area (TPSA) is 44.1 Å². The predicted molar refractivity (Wildman–Crippen MR) is 88.4 cm³/mol. The molecule has 0 saturated heterocycles. The first-order chi connectivity index (χ1) is 11.7. The Kier molecular flexibility index (Phi) is 3.61. The van der Waals surface area contributed by atoms with E-state index in [1.807, 2.05) is 18.2 Å². The van der Waals surface area contributed by atoms with Gasteiger partial charge in [0.05, 0.1) is 5.69 Å². The molecule has 0 radical (unpaired) electrons. The number of rotatable bonds is 3. The Balaban J connectivity index is 1.69. The van der Waals surface area contributed by atoms with E-state index in [9.17, 15) is 9.18 Å². The van der Waals surface area contributed by atoms with E-state index >= 15 is 0 Å². The Hall–Kier alpha value is -2.95. The van der Waals surface area contributed by atoms with Crippen LogP contribution in [0.4, 0.5) is 4.39 Å². The highest BCUT2D eigenvalue weighted by Crippen LogP contribution is 2.29. The van der Waals surface area contributed by atoms with Gasteiger partial charge in [0.2, 0.25) is 5.88 Å². The summed E-state index contributed by atoms with van der Waals surface area (Å²) < 4.78 is 20.9. The van der Waals surface area contributed by atoms with E-state index in [1.165, 1.54) is 11.6 Å². The Morgan fingerprint density at radius 1 is 1.12 bits per heavy atom. The molecule has 0 bridgehead atoms. The smallest absolute Gasteiger partial charge is 0.351 e. The fraction of sp³-hybridized carbons (Fsp3) is 0.158. The van der Waals surface area contributed by atoms with E-state index in [1.54, 1.807) is 28.8 Å². The van der Waals surface area contributed by atoms with Gasteiger partial charge in [-0.05, 0) is 18.1 Å². The highest BCUT2D eigenvalue weighted by molar-refractivity contribution is 5.66. The van der Waals surface area contributed by atoms with Gasteiger partial charge in [0, 0.05) is 23.7 Å². The van der Waals surface area contributed by atoms with Crippen molar-refractivity contribution in [3.05, 3.63) is 82.0 Å². The van der Waals surface area contributed by atoms with Crippen LogP contribution in [0.2, 0.25) is 0 Å². The van der Waals surface area contributed by atoms with Crippen molar-refractivity contribution in [3.8, 4) is 17.1 Å². The van der Waals surface area contributed by atoms with Crippen LogP contribution in [-0.4, -0.2) is 9.55 Å². The summed E-state index contributed by atoms with van der Waals surface area (Å²) in [6.07, 6.45) is 0.806. The molecule has 0 N–H and O–H groups in total. The molecule has 1 aliphatic rings. The van der Waals surface area contributed by atoms with E-state index in [0.29, 0.717) is 12.1 Å². The SMILES string of the molecule is O=c1nc(OCc2ccccc2F)cc2n1CCc1ccccc1-2. The first-order valence-electron chi connectivity index (χ1n) is 7.79. The summed E-state index contributed by atoms with van der Waals surface area (Å²) in [5.41, 5.74) is 3.09. The number of aromatic nitrogens is 2. The lowest BCUT2D eigenvalue weighted by Crippen LogP contribution is -2.28. The Bertz CT molecular complexity index is 966. The van der Waals surface area contributed by atoms with E-state index in [4.69, 9.17) is 4.74 Å². The summed E-state index contributed by atoms with van der Waals surface area (Å²) in [5, 5.41) is 0. The Morgan fingerprint density at radius 3 is 2.79 bits per heavy atom. The third kappa shape index (κ3) is 2.58. The average Bonchev–Trinajstić information content (AvgIpc) is 2.61. The zero-order valence-electron chi connectivity index (χ0n) is 12.9. The minimum atomic E-state index is -0.342. The number of ether oxygens (including phenoxy) is 1. The van der Waals surface area contributed by atoms with E-state index < -0.39 is 0 Å². The fourth-order valence-electron chi connectivity index (χ4n) is 2.99. The molecule has 2 heterocycles. The van der Waals surface area contributed by atoms with Gasteiger partial charge >= 0.3 is 5.69 Å². The minimum absolute atomic E-state index is 0.0320. The lowest BCUT2D eigenvalue weighted by atomic mass is 9.98. The summed E-state index contributed by atoms with van der Waals surface area (Å²) >= 11 is 0. The van der Waals surface area contributed by atoms with Crippen molar-refractivity contribution in [2.24, 2.45) is 0 Å². The number of benzene rings is 2. The van der Waals surface area contributed by atoms with Gasteiger partial charge in [-0.15, -0.1) is 0 Å². The maximum absolute atomic E-state index is 13.7. The standard InChI is InChI=1S/C19H15FN2O2/c20-16-8-4-2-6-14(16)12-24-18-11-17-15-7-3-1-5-13(15)9-10-22(17)19(23)21-18/h1-8,11H,9-10,12H2. The van der Waals surface area contributed by atoms with Crippen LogP contribution >= 0.6 is 0 Å². The van der Waals surface area contributed by atoms with Gasteiger partial charge in [-0.25, -0.2) is 9.18 Å². The molecule has 120 valence electrons.